The average Bonchev–Trinajstić information content (AvgIpc) is 3.89. The molecule has 3 aromatic heterocycles. The van der Waals surface area contributed by atoms with Gasteiger partial charge in [-0.25, -0.2) is 9.69 Å². The van der Waals surface area contributed by atoms with E-state index in [1.165, 1.54) is 16.2 Å². The molecule has 3 heterocycles. The molecule has 0 spiro atoms. The molecule has 0 amide bonds. The molecule has 0 N–H and O–H groups in total. The van der Waals surface area contributed by atoms with Gasteiger partial charge in [-0.05, 0) is 59.5 Å². The molecule has 0 atom stereocenters. The molecule has 8 aromatic carbocycles. The normalized spacial score (nSPS) is 11.6. The van der Waals surface area contributed by atoms with Gasteiger partial charge in [0.15, 0.2) is 5.69 Å². The van der Waals surface area contributed by atoms with Crippen LogP contribution in [0.15, 0.2) is 176 Å². The molecular weight excluding hydrogens is 671 g/mol. The summed E-state index contributed by atoms with van der Waals surface area (Å²) in [6.45, 7) is 16.2. The van der Waals surface area contributed by atoms with Gasteiger partial charge in [-0.3, -0.25) is 0 Å². The standard InChI is InChI=1S/C50H29N5/c1-51-32-29-30-47-40(31-32)37-19-7-12-27-46(37)54(47)49-38(20-13-22-41(49)52-2)35-17-5-10-25-44(35)55-45-26-11-6-18-36(45)39-21-14-28-48(50(39)55)53-42-23-8-3-15-33(42)34-16-4-9-24-43(34)53/h3-31H. The summed E-state index contributed by atoms with van der Waals surface area (Å²) in [6.07, 6.45) is 0. The molecule has 0 saturated carbocycles. The van der Waals surface area contributed by atoms with Gasteiger partial charge in [0.2, 0.25) is 5.69 Å². The predicted molar refractivity (Wildman–Crippen MR) is 227 cm³/mol. The molecule has 5 nitrogen and oxygen atoms in total. The Kier molecular flexibility index (Phi) is 6.61. The van der Waals surface area contributed by atoms with Crippen LogP contribution in [0.1, 0.15) is 0 Å². The Morgan fingerprint density at radius 2 is 0.836 bits per heavy atom. The van der Waals surface area contributed by atoms with Gasteiger partial charge in [0.1, 0.15) is 0 Å². The third kappa shape index (κ3) is 4.33. The van der Waals surface area contributed by atoms with Crippen molar-refractivity contribution in [3.8, 4) is 28.2 Å². The van der Waals surface area contributed by atoms with E-state index in [1.54, 1.807) is 0 Å². The van der Waals surface area contributed by atoms with Crippen molar-refractivity contribution in [1.29, 1.82) is 0 Å². The van der Waals surface area contributed by atoms with Gasteiger partial charge in [0, 0.05) is 32.5 Å². The molecule has 0 saturated heterocycles. The van der Waals surface area contributed by atoms with Crippen LogP contribution in [0.2, 0.25) is 0 Å². The molecule has 0 aliphatic carbocycles. The van der Waals surface area contributed by atoms with Crippen molar-refractivity contribution in [2.75, 3.05) is 0 Å². The van der Waals surface area contributed by atoms with Crippen LogP contribution in [0.3, 0.4) is 0 Å². The van der Waals surface area contributed by atoms with E-state index in [1.807, 2.05) is 42.5 Å². The average molecular weight is 700 g/mol. The Morgan fingerprint density at radius 3 is 1.51 bits per heavy atom. The van der Waals surface area contributed by atoms with Crippen LogP contribution >= 0.6 is 0 Å². The lowest BCUT2D eigenvalue weighted by molar-refractivity contribution is 1.13. The summed E-state index contributed by atoms with van der Waals surface area (Å²) >= 11 is 0. The summed E-state index contributed by atoms with van der Waals surface area (Å²) in [6, 6.07) is 61.3. The molecule has 0 radical (unpaired) electrons. The fraction of sp³-hybridized carbons (Fsp3) is 0. The molecule has 0 aliphatic heterocycles. The van der Waals surface area contributed by atoms with Crippen molar-refractivity contribution < 1.29 is 0 Å². The first-order chi connectivity index (χ1) is 27.2. The number of fused-ring (bicyclic) bond motifs is 9. The highest BCUT2D eigenvalue weighted by atomic mass is 15.1. The van der Waals surface area contributed by atoms with Gasteiger partial charge in [0.05, 0.1) is 63.3 Å². The molecule has 5 heteroatoms. The van der Waals surface area contributed by atoms with E-state index in [0.29, 0.717) is 11.4 Å². The second kappa shape index (κ2) is 11.8. The summed E-state index contributed by atoms with van der Waals surface area (Å²) in [5.74, 6) is 0. The van der Waals surface area contributed by atoms with E-state index < -0.39 is 0 Å². The first-order valence-electron chi connectivity index (χ1n) is 18.3. The van der Waals surface area contributed by atoms with Crippen LogP contribution < -0.4 is 0 Å². The summed E-state index contributed by atoms with van der Waals surface area (Å²) in [5.41, 5.74) is 12.5. The van der Waals surface area contributed by atoms with Crippen molar-refractivity contribution in [2.24, 2.45) is 0 Å². The van der Waals surface area contributed by atoms with E-state index in [4.69, 9.17) is 13.1 Å². The lowest BCUT2D eigenvalue weighted by atomic mass is 9.99. The summed E-state index contributed by atoms with van der Waals surface area (Å²) in [4.78, 5) is 7.87. The van der Waals surface area contributed by atoms with Crippen molar-refractivity contribution >= 4 is 76.8 Å². The number of hydrogen-bond donors (Lipinski definition) is 0. The minimum atomic E-state index is 0.553. The Balaban J connectivity index is 1.27. The number of para-hydroxylation sites is 7. The molecule has 0 fully saturated rings. The number of rotatable bonds is 4. The zero-order valence-electron chi connectivity index (χ0n) is 29.5. The second-order valence-electron chi connectivity index (χ2n) is 13.9. The fourth-order valence-electron chi connectivity index (χ4n) is 8.85. The molecular formula is C50H29N5. The number of benzene rings is 8. The van der Waals surface area contributed by atoms with Crippen LogP contribution in [0.25, 0.3) is 103 Å². The minimum absolute atomic E-state index is 0.553. The topological polar surface area (TPSA) is 23.5 Å². The number of hydrogen-bond acceptors (Lipinski definition) is 0. The van der Waals surface area contributed by atoms with E-state index in [2.05, 4.69) is 157 Å². The van der Waals surface area contributed by atoms with Gasteiger partial charge in [-0.15, -0.1) is 0 Å². The Bertz CT molecular complexity index is 3420. The van der Waals surface area contributed by atoms with Crippen LogP contribution in [-0.2, 0) is 0 Å². The molecule has 0 aliphatic rings. The SMILES string of the molecule is [C-]#[N+]c1ccc2c(c1)c1ccccc1n2-c1c([N+]#[C-])cccc1-c1ccccc1-n1c2ccccc2c2cccc(-n3c4ccccc4c4ccccc43)c21. The van der Waals surface area contributed by atoms with Crippen molar-refractivity contribution in [2.45, 2.75) is 0 Å². The van der Waals surface area contributed by atoms with Gasteiger partial charge in [-0.2, -0.15) is 0 Å². The smallest absolute Gasteiger partial charge is 0.211 e. The highest BCUT2D eigenvalue weighted by Gasteiger charge is 2.24. The van der Waals surface area contributed by atoms with Crippen molar-refractivity contribution in [3.63, 3.8) is 0 Å². The Labute approximate surface area is 316 Å². The fourth-order valence-corrected chi connectivity index (χ4v) is 8.85. The zero-order valence-corrected chi connectivity index (χ0v) is 29.5. The maximum absolute atomic E-state index is 8.44. The molecule has 254 valence electrons. The third-order valence-corrected chi connectivity index (χ3v) is 11.1. The lowest BCUT2D eigenvalue weighted by Crippen LogP contribution is -2.03. The maximum atomic E-state index is 8.44. The van der Waals surface area contributed by atoms with Crippen LogP contribution in [0.4, 0.5) is 11.4 Å². The highest BCUT2D eigenvalue weighted by Crippen LogP contribution is 2.45. The van der Waals surface area contributed by atoms with Crippen molar-refractivity contribution in [1.82, 2.24) is 13.7 Å². The zero-order chi connectivity index (χ0) is 36.6. The van der Waals surface area contributed by atoms with E-state index in [0.717, 1.165) is 77.4 Å². The van der Waals surface area contributed by atoms with Gasteiger partial charge in [-0.1, -0.05) is 127 Å². The monoisotopic (exact) mass is 699 g/mol. The van der Waals surface area contributed by atoms with Crippen LogP contribution in [0.5, 0.6) is 0 Å². The maximum Gasteiger partial charge on any atom is 0.211 e. The third-order valence-electron chi connectivity index (χ3n) is 11.1. The number of aromatic nitrogens is 3. The van der Waals surface area contributed by atoms with E-state index >= 15 is 0 Å². The summed E-state index contributed by atoms with van der Waals surface area (Å²) in [7, 11) is 0. The predicted octanol–water partition coefficient (Wildman–Crippen LogP) is 13.7. The largest absolute Gasteiger partial charge is 0.318 e. The van der Waals surface area contributed by atoms with Crippen molar-refractivity contribution in [3.05, 3.63) is 199 Å². The minimum Gasteiger partial charge on any atom is -0.318 e. The molecule has 55 heavy (non-hydrogen) atoms. The first kappa shape index (κ1) is 30.7. The summed E-state index contributed by atoms with van der Waals surface area (Å²) < 4.78 is 7.04. The van der Waals surface area contributed by atoms with Crippen LogP contribution in [0, 0.1) is 13.1 Å². The Morgan fingerprint density at radius 1 is 0.345 bits per heavy atom. The Hall–Kier alpha value is -7.86. The van der Waals surface area contributed by atoms with Gasteiger partial charge in [0.25, 0.3) is 0 Å². The number of nitrogens with zero attached hydrogens (tertiary/aromatic N) is 5. The van der Waals surface area contributed by atoms with Gasteiger partial charge < -0.3 is 13.7 Å². The quantitative estimate of drug-likeness (QED) is 0.163. The molecule has 11 aromatic rings. The molecule has 11 rings (SSSR count). The first-order valence-corrected chi connectivity index (χ1v) is 18.3. The van der Waals surface area contributed by atoms with E-state index in [9.17, 15) is 0 Å². The molecule has 0 unspecified atom stereocenters. The lowest BCUT2D eigenvalue weighted by Gasteiger charge is -2.20. The highest BCUT2D eigenvalue weighted by molar-refractivity contribution is 6.16. The summed E-state index contributed by atoms with van der Waals surface area (Å²) in [5, 5.41) is 6.80. The second-order valence-corrected chi connectivity index (χ2v) is 13.9. The van der Waals surface area contributed by atoms with Crippen LogP contribution in [-0.4, -0.2) is 13.7 Å². The van der Waals surface area contributed by atoms with E-state index in [-0.39, 0.29) is 0 Å². The van der Waals surface area contributed by atoms with Gasteiger partial charge >= 0.3 is 0 Å². The molecule has 0 bridgehead atoms.